The van der Waals surface area contributed by atoms with Crippen LogP contribution in [0.15, 0.2) is 59.6 Å². The molecule has 2 unspecified atom stereocenters. The summed E-state index contributed by atoms with van der Waals surface area (Å²) < 4.78 is 38.9. The summed E-state index contributed by atoms with van der Waals surface area (Å²) in [6.45, 7) is 2.96. The minimum Gasteiger partial charge on any atom is -0.469 e. The van der Waals surface area contributed by atoms with Crippen LogP contribution in [0.2, 0.25) is 0 Å². The molecule has 2 atom stereocenters. The fraction of sp³-hybridized carbons (Fsp3) is 0.400. The molecule has 0 bridgehead atoms. The van der Waals surface area contributed by atoms with Gasteiger partial charge in [0.05, 0.1) is 27.8 Å². The third kappa shape index (κ3) is 13.5. The van der Waals surface area contributed by atoms with Gasteiger partial charge in [0.15, 0.2) is 5.17 Å². The number of aliphatic imine (C=N–C) groups is 1. The molecule has 1 heterocycles. The van der Waals surface area contributed by atoms with Gasteiger partial charge in [-0.15, -0.1) is 0 Å². The van der Waals surface area contributed by atoms with Gasteiger partial charge in [0.2, 0.25) is 5.91 Å². The second-order valence-corrected chi connectivity index (χ2v) is 12.2. The molecule has 4 N–H and O–H groups in total. The van der Waals surface area contributed by atoms with Gasteiger partial charge in [0, 0.05) is 43.2 Å². The number of benzene rings is 2. The van der Waals surface area contributed by atoms with Crippen molar-refractivity contribution in [2.75, 3.05) is 34.4 Å². The molecule has 2 amide bonds. The van der Waals surface area contributed by atoms with Crippen LogP contribution in [0.5, 0.6) is 0 Å². The highest BCUT2D eigenvalue weighted by Gasteiger charge is 2.41. The first kappa shape index (κ1) is 38.9. The van der Waals surface area contributed by atoms with Crippen LogP contribution < -0.4 is 10.6 Å². The van der Waals surface area contributed by atoms with Gasteiger partial charge in [0.25, 0.3) is 5.91 Å². The standard InChI is InChI=1S/C29H35N5O6S.CH4O4S/c1-19-25(28(38)32-17-15-24(36)40-3)41-29(34(19)18-20-8-5-4-6-9-20)33-27(37)22-13-11-21(12-14-22)26(30)31-16-7-10-23(35)39-2;1-5-6(2,3)4/h4-6,8-9,11-14,19,25H,7,10,15-18H2,1-3H3,(H2,30,31)(H,32,38);1H3,(H,2,3,4). The van der Waals surface area contributed by atoms with E-state index in [9.17, 15) is 27.6 Å². The van der Waals surface area contributed by atoms with Crippen LogP contribution in [0.3, 0.4) is 0 Å². The Hall–Kier alpha value is -4.32. The molecule has 3 rings (SSSR count). The molecule has 1 aliphatic heterocycles. The van der Waals surface area contributed by atoms with Gasteiger partial charge in [-0.3, -0.25) is 33.3 Å². The van der Waals surface area contributed by atoms with Crippen LogP contribution in [0.4, 0.5) is 0 Å². The van der Waals surface area contributed by atoms with E-state index in [2.05, 4.69) is 29.3 Å². The number of thioether (sulfide) groups is 1. The summed E-state index contributed by atoms with van der Waals surface area (Å²) in [6, 6.07) is 16.0. The summed E-state index contributed by atoms with van der Waals surface area (Å²) in [5.41, 5.74) is 1.94. The van der Waals surface area contributed by atoms with Crippen molar-refractivity contribution in [3.8, 4) is 0 Å². The van der Waals surface area contributed by atoms with E-state index in [1.807, 2.05) is 42.2 Å². The molecule has 47 heavy (non-hydrogen) atoms. The smallest absolute Gasteiger partial charge is 0.397 e. The lowest BCUT2D eigenvalue weighted by Gasteiger charge is -2.25. The van der Waals surface area contributed by atoms with Crippen molar-refractivity contribution in [1.82, 2.24) is 15.5 Å². The number of nitrogens with one attached hydrogen (secondary N) is 3. The molecule has 0 saturated carbocycles. The predicted molar refractivity (Wildman–Crippen MR) is 175 cm³/mol. The van der Waals surface area contributed by atoms with Crippen LogP contribution in [0.1, 0.15) is 47.7 Å². The molecule has 1 aliphatic rings. The van der Waals surface area contributed by atoms with Crippen LogP contribution in [0, 0.1) is 5.41 Å². The van der Waals surface area contributed by atoms with Gasteiger partial charge in [-0.2, -0.15) is 13.4 Å². The fourth-order valence-corrected chi connectivity index (χ4v) is 5.31. The van der Waals surface area contributed by atoms with E-state index < -0.39 is 27.5 Å². The average molecular weight is 694 g/mol. The SMILES string of the molecule is COC(=O)CCCNC(=N)c1ccc(C(=O)N=C2SC(C(=O)NCCC(=O)OC)C(C)N2Cc2ccccc2)cc1.COS(=O)(=O)O. The number of amidine groups is 2. The van der Waals surface area contributed by atoms with Gasteiger partial charge in [-0.25, -0.2) is 0 Å². The lowest BCUT2D eigenvalue weighted by molar-refractivity contribution is -0.141. The minimum absolute atomic E-state index is 0.0671. The van der Waals surface area contributed by atoms with Crippen molar-refractivity contribution < 1.29 is 45.8 Å². The molecule has 0 radical (unpaired) electrons. The first-order chi connectivity index (χ1) is 22.3. The van der Waals surface area contributed by atoms with Crippen LogP contribution in [-0.4, -0.2) is 98.3 Å². The first-order valence-corrected chi connectivity index (χ1v) is 16.5. The Labute approximate surface area is 277 Å². The van der Waals surface area contributed by atoms with E-state index in [1.165, 1.54) is 26.0 Å². The molecule has 0 spiro atoms. The normalized spacial score (nSPS) is 16.4. The number of carbonyl (C=O) groups is 4. The average Bonchev–Trinajstić information content (AvgIpc) is 3.36. The zero-order valence-electron chi connectivity index (χ0n) is 26.4. The predicted octanol–water partition coefficient (Wildman–Crippen LogP) is 2.17. The quantitative estimate of drug-likeness (QED) is 0.0779. The fourth-order valence-electron chi connectivity index (χ4n) is 4.04. The van der Waals surface area contributed by atoms with Gasteiger partial charge in [0.1, 0.15) is 11.1 Å². The van der Waals surface area contributed by atoms with Gasteiger partial charge in [-0.05, 0) is 31.0 Å². The number of rotatable bonds is 13. The Morgan fingerprint density at radius 3 is 2.06 bits per heavy atom. The molecular weight excluding hydrogens is 654 g/mol. The van der Waals surface area contributed by atoms with Crippen molar-refractivity contribution in [3.05, 3.63) is 71.3 Å². The van der Waals surface area contributed by atoms with Crippen LogP contribution in [0.25, 0.3) is 0 Å². The molecule has 2 aromatic rings. The monoisotopic (exact) mass is 693 g/mol. The Kier molecular flexibility index (Phi) is 16.0. The third-order valence-electron chi connectivity index (χ3n) is 6.63. The molecule has 1 fully saturated rings. The number of hydrogen-bond donors (Lipinski definition) is 4. The van der Waals surface area contributed by atoms with Gasteiger partial charge in [-0.1, -0.05) is 54.2 Å². The summed E-state index contributed by atoms with van der Waals surface area (Å²) in [5, 5.41) is 13.8. The minimum atomic E-state index is -4.16. The number of carbonyl (C=O) groups excluding carboxylic acids is 4. The van der Waals surface area contributed by atoms with E-state index >= 15 is 0 Å². The molecule has 256 valence electrons. The molecule has 2 aromatic carbocycles. The van der Waals surface area contributed by atoms with Crippen LogP contribution >= 0.6 is 11.8 Å². The first-order valence-electron chi connectivity index (χ1n) is 14.3. The second kappa shape index (κ2) is 19.4. The Morgan fingerprint density at radius 2 is 1.49 bits per heavy atom. The topological polar surface area (TPSA) is 214 Å². The van der Waals surface area contributed by atoms with Crippen molar-refractivity contribution in [1.29, 1.82) is 5.41 Å². The van der Waals surface area contributed by atoms with Crippen LogP contribution in [-0.2, 0) is 45.0 Å². The number of esters is 2. The summed E-state index contributed by atoms with van der Waals surface area (Å²) in [7, 11) is -0.659. The van der Waals surface area contributed by atoms with Crippen molar-refractivity contribution in [2.45, 2.75) is 44.0 Å². The largest absolute Gasteiger partial charge is 0.469 e. The van der Waals surface area contributed by atoms with Gasteiger partial charge < -0.3 is 25.0 Å². The lowest BCUT2D eigenvalue weighted by Crippen LogP contribution is -2.42. The maximum Gasteiger partial charge on any atom is 0.397 e. The molecule has 15 nitrogen and oxygen atoms in total. The molecule has 0 aliphatic carbocycles. The third-order valence-corrected chi connectivity index (χ3v) is 8.45. The zero-order valence-corrected chi connectivity index (χ0v) is 28.1. The van der Waals surface area contributed by atoms with E-state index in [1.54, 1.807) is 24.3 Å². The van der Waals surface area contributed by atoms with E-state index in [-0.39, 0.29) is 43.1 Å². The second-order valence-electron chi connectivity index (χ2n) is 9.86. The van der Waals surface area contributed by atoms with Crippen molar-refractivity contribution in [2.24, 2.45) is 4.99 Å². The Bertz CT molecular complexity index is 1520. The van der Waals surface area contributed by atoms with E-state index in [0.29, 0.717) is 35.8 Å². The molecule has 0 aromatic heterocycles. The van der Waals surface area contributed by atoms with E-state index in [0.717, 1.165) is 12.7 Å². The lowest BCUT2D eigenvalue weighted by atomic mass is 10.1. The molecule has 17 heteroatoms. The Balaban J connectivity index is 0.00000117. The maximum absolute atomic E-state index is 13.2. The molecule has 1 saturated heterocycles. The van der Waals surface area contributed by atoms with Crippen molar-refractivity contribution >= 4 is 56.9 Å². The summed E-state index contributed by atoms with van der Waals surface area (Å²) in [6.07, 6.45) is 0.860. The van der Waals surface area contributed by atoms with Crippen molar-refractivity contribution in [3.63, 3.8) is 0 Å². The zero-order chi connectivity index (χ0) is 35.0. The van der Waals surface area contributed by atoms with Gasteiger partial charge >= 0.3 is 22.3 Å². The number of amides is 2. The highest BCUT2D eigenvalue weighted by atomic mass is 32.3. The number of hydrogen-bond acceptors (Lipinski definition) is 11. The maximum atomic E-state index is 13.2. The highest BCUT2D eigenvalue weighted by Crippen LogP contribution is 2.33. The Morgan fingerprint density at radius 1 is 0.915 bits per heavy atom. The molecular formula is C30H39N5O10S2. The van der Waals surface area contributed by atoms with E-state index in [4.69, 9.17) is 9.96 Å². The summed E-state index contributed by atoms with van der Waals surface area (Å²) in [5.74, 6) is -1.25. The number of methoxy groups -OCH3 is 2. The summed E-state index contributed by atoms with van der Waals surface area (Å²) >= 11 is 1.21. The highest BCUT2D eigenvalue weighted by molar-refractivity contribution is 8.15. The number of nitrogens with zero attached hydrogens (tertiary/aromatic N) is 2. The number of ether oxygens (including phenoxy) is 2. The summed E-state index contributed by atoms with van der Waals surface area (Å²) in [4.78, 5) is 55.1.